The zero-order valence-corrected chi connectivity index (χ0v) is 12.5. The van der Waals surface area contributed by atoms with Crippen molar-refractivity contribution in [2.75, 3.05) is 11.9 Å². The minimum atomic E-state index is -5.15. The van der Waals surface area contributed by atoms with Gasteiger partial charge in [0, 0.05) is 17.6 Å². The van der Waals surface area contributed by atoms with Gasteiger partial charge in [-0.25, -0.2) is 4.79 Å². The van der Waals surface area contributed by atoms with E-state index in [4.69, 9.17) is 11.6 Å². The van der Waals surface area contributed by atoms with Crippen LogP contribution in [0.3, 0.4) is 0 Å². The molecule has 0 heterocycles. The van der Waals surface area contributed by atoms with Crippen LogP contribution in [0.25, 0.3) is 0 Å². The van der Waals surface area contributed by atoms with E-state index in [1.165, 1.54) is 31.2 Å². The van der Waals surface area contributed by atoms with Crippen LogP contribution in [-0.4, -0.2) is 30.3 Å². The molecule has 0 aliphatic rings. The molecule has 0 aromatic heterocycles. The van der Waals surface area contributed by atoms with E-state index >= 15 is 0 Å². The number of carbonyl (C=O) groups is 2. The van der Waals surface area contributed by atoms with Gasteiger partial charge in [-0.05, 0) is 25.1 Å². The van der Waals surface area contributed by atoms with Gasteiger partial charge in [0.25, 0.3) is 0 Å². The van der Waals surface area contributed by atoms with E-state index in [0.29, 0.717) is 0 Å². The van der Waals surface area contributed by atoms with Gasteiger partial charge in [-0.1, -0.05) is 17.7 Å². The third-order valence-electron chi connectivity index (χ3n) is 2.53. The number of halogens is 4. The smallest absolute Gasteiger partial charge is 0.441 e. The molecule has 0 aliphatic carbocycles. The molecule has 122 valence electrons. The molecule has 1 unspecified atom stereocenters. The zero-order valence-electron chi connectivity index (χ0n) is 11.8. The summed E-state index contributed by atoms with van der Waals surface area (Å²) < 4.78 is 44.9. The number of hydrogen-bond donors (Lipinski definition) is 2. The molecule has 5 nitrogen and oxygen atoms in total. The molecule has 0 saturated carbocycles. The lowest BCUT2D eigenvalue weighted by atomic mass is 10.1. The van der Waals surface area contributed by atoms with Crippen LogP contribution >= 0.6 is 11.6 Å². The van der Waals surface area contributed by atoms with Gasteiger partial charge in [0.15, 0.2) is 0 Å². The highest BCUT2D eigenvalue weighted by Crippen LogP contribution is 2.33. The van der Waals surface area contributed by atoms with E-state index in [1.54, 1.807) is 5.32 Å². The fourth-order valence-electron chi connectivity index (χ4n) is 1.68. The number of carbonyl (C=O) groups excluding carboxylic acids is 2. The van der Waals surface area contributed by atoms with Crippen LogP contribution in [0.15, 0.2) is 24.3 Å². The number of hydrogen-bond acceptors (Lipinski definition) is 4. The molecule has 0 saturated heterocycles. The fraction of sp³-hybridized carbons (Fsp3) is 0.385. The Bertz CT molecular complexity index is 566. The molecule has 1 aromatic rings. The van der Waals surface area contributed by atoms with E-state index in [2.05, 4.69) is 4.74 Å². The summed E-state index contributed by atoms with van der Waals surface area (Å²) in [6.45, 7) is 1.93. The Morgan fingerprint density at radius 3 is 2.41 bits per heavy atom. The topological polar surface area (TPSA) is 67.4 Å². The Kier molecular flexibility index (Phi) is 5.65. The third-order valence-corrected chi connectivity index (χ3v) is 2.76. The van der Waals surface area contributed by atoms with Crippen molar-refractivity contribution in [3.05, 3.63) is 29.3 Å². The van der Waals surface area contributed by atoms with Crippen LogP contribution in [0.4, 0.5) is 18.9 Å². The predicted molar refractivity (Wildman–Crippen MR) is 74.3 cm³/mol. The summed E-state index contributed by atoms with van der Waals surface area (Å²) in [4.78, 5) is 23.1. The molecule has 22 heavy (non-hydrogen) atoms. The van der Waals surface area contributed by atoms with Gasteiger partial charge < -0.3 is 15.4 Å². The number of ether oxygens (including phenoxy) is 1. The summed E-state index contributed by atoms with van der Waals surface area (Å²) in [5, 5.41) is 3.73. The monoisotopic (exact) mass is 338 g/mol. The molecule has 0 fully saturated rings. The second kappa shape index (κ2) is 6.87. The average molecular weight is 339 g/mol. The number of rotatable bonds is 5. The van der Waals surface area contributed by atoms with Gasteiger partial charge in [0.2, 0.25) is 5.91 Å². The van der Waals surface area contributed by atoms with Crippen LogP contribution in [0.1, 0.15) is 13.8 Å². The largest absolute Gasteiger partial charge is 0.463 e. The third kappa shape index (κ3) is 4.03. The molecule has 0 radical (unpaired) electrons. The summed E-state index contributed by atoms with van der Waals surface area (Å²) in [5.74, 6) is -2.72. The quantitative estimate of drug-likeness (QED) is 0.640. The molecular formula is C13H14ClF3N2O3. The second-order valence-corrected chi connectivity index (χ2v) is 4.72. The Morgan fingerprint density at radius 2 is 1.95 bits per heavy atom. The van der Waals surface area contributed by atoms with E-state index < -0.39 is 23.7 Å². The molecule has 1 aromatic carbocycles. The number of benzene rings is 1. The van der Waals surface area contributed by atoms with Crippen LogP contribution in [0.5, 0.6) is 0 Å². The van der Waals surface area contributed by atoms with Crippen molar-refractivity contribution in [2.24, 2.45) is 0 Å². The van der Waals surface area contributed by atoms with Crippen LogP contribution in [0, 0.1) is 0 Å². The minimum Gasteiger partial charge on any atom is -0.463 e. The second-order valence-electron chi connectivity index (χ2n) is 4.28. The highest BCUT2D eigenvalue weighted by Gasteiger charge is 2.63. The first-order valence-corrected chi connectivity index (χ1v) is 6.56. The normalized spacial score (nSPS) is 13.9. The Morgan fingerprint density at radius 1 is 1.32 bits per heavy atom. The van der Waals surface area contributed by atoms with Crippen molar-refractivity contribution < 1.29 is 27.5 Å². The van der Waals surface area contributed by atoms with Gasteiger partial charge in [0.05, 0.1) is 6.61 Å². The maximum absolute atomic E-state index is 13.5. The van der Waals surface area contributed by atoms with Gasteiger partial charge in [-0.2, -0.15) is 13.2 Å². The number of esters is 1. The van der Waals surface area contributed by atoms with E-state index in [1.807, 2.05) is 5.32 Å². The Labute approximate surface area is 129 Å². The lowest BCUT2D eigenvalue weighted by Gasteiger charge is -2.35. The van der Waals surface area contributed by atoms with Crippen molar-refractivity contribution in [3.63, 3.8) is 0 Å². The molecular weight excluding hydrogens is 325 g/mol. The first-order chi connectivity index (χ1) is 10.1. The van der Waals surface area contributed by atoms with Gasteiger partial charge in [-0.15, -0.1) is 0 Å². The van der Waals surface area contributed by atoms with E-state index in [0.717, 1.165) is 6.92 Å². The Hall–Kier alpha value is -1.96. The summed E-state index contributed by atoms with van der Waals surface area (Å²) in [6.07, 6.45) is -5.15. The molecule has 1 rings (SSSR count). The number of alkyl halides is 3. The van der Waals surface area contributed by atoms with Crippen molar-refractivity contribution in [2.45, 2.75) is 25.7 Å². The summed E-state index contributed by atoms with van der Waals surface area (Å²) in [6, 6.07) is 5.30. The Balaban J connectivity index is 3.34. The first kappa shape index (κ1) is 18.1. The maximum atomic E-state index is 13.5. The average Bonchev–Trinajstić information content (AvgIpc) is 2.36. The molecule has 2 N–H and O–H groups in total. The zero-order chi connectivity index (χ0) is 17.0. The first-order valence-electron chi connectivity index (χ1n) is 6.19. The molecule has 0 spiro atoms. The van der Waals surface area contributed by atoms with Gasteiger partial charge in [0.1, 0.15) is 0 Å². The predicted octanol–water partition coefficient (Wildman–Crippen LogP) is 2.71. The number of nitrogens with one attached hydrogen (secondary N) is 2. The van der Waals surface area contributed by atoms with Crippen LogP contribution < -0.4 is 10.6 Å². The van der Waals surface area contributed by atoms with Crippen molar-refractivity contribution in [1.82, 2.24) is 5.32 Å². The lowest BCUT2D eigenvalue weighted by molar-refractivity contribution is -0.207. The van der Waals surface area contributed by atoms with Crippen molar-refractivity contribution in [3.8, 4) is 0 Å². The molecule has 0 bridgehead atoms. The molecule has 1 atom stereocenters. The summed E-state index contributed by atoms with van der Waals surface area (Å²) in [5.41, 5.74) is -3.51. The summed E-state index contributed by atoms with van der Waals surface area (Å²) >= 11 is 5.71. The molecule has 1 amide bonds. The fourth-order valence-corrected chi connectivity index (χ4v) is 1.87. The highest BCUT2D eigenvalue weighted by molar-refractivity contribution is 6.30. The van der Waals surface area contributed by atoms with Gasteiger partial charge in [-0.3, -0.25) is 4.79 Å². The van der Waals surface area contributed by atoms with Gasteiger partial charge >= 0.3 is 17.8 Å². The SMILES string of the molecule is CCOC(=O)C(NC(C)=O)(Nc1cccc(Cl)c1)C(F)(F)F. The maximum Gasteiger partial charge on any atom is 0.441 e. The van der Waals surface area contributed by atoms with E-state index in [9.17, 15) is 22.8 Å². The molecule has 9 heteroatoms. The number of amides is 1. The summed E-state index contributed by atoms with van der Waals surface area (Å²) in [7, 11) is 0. The standard InChI is InChI=1S/C13H14ClF3N2O3/c1-3-22-11(21)12(13(15,16)17,18-8(2)20)19-10-6-4-5-9(14)7-10/h4-7,19H,3H2,1-2H3,(H,18,20). The van der Waals surface area contributed by atoms with Crippen LogP contribution in [-0.2, 0) is 14.3 Å². The highest BCUT2D eigenvalue weighted by atomic mass is 35.5. The van der Waals surface area contributed by atoms with Crippen molar-refractivity contribution in [1.29, 1.82) is 0 Å². The molecule has 0 aliphatic heterocycles. The minimum absolute atomic E-state index is 0.105. The lowest BCUT2D eigenvalue weighted by Crippen LogP contribution is -2.69. The van der Waals surface area contributed by atoms with Crippen LogP contribution in [0.2, 0.25) is 5.02 Å². The van der Waals surface area contributed by atoms with Crippen molar-refractivity contribution >= 4 is 29.2 Å². The van der Waals surface area contributed by atoms with E-state index in [-0.39, 0.29) is 17.3 Å². The number of anilines is 1.